The first-order valence-electron chi connectivity index (χ1n) is 7.53. The van der Waals surface area contributed by atoms with Gasteiger partial charge in [-0.05, 0) is 47.9 Å². The van der Waals surface area contributed by atoms with Gasteiger partial charge < -0.3 is 10.1 Å². The van der Waals surface area contributed by atoms with Gasteiger partial charge in [-0.2, -0.15) is 0 Å². The minimum Gasteiger partial charge on any atom is -0.374 e. The Hall–Kier alpha value is 0.0600. The largest absolute Gasteiger partial charge is 0.374 e. The van der Waals surface area contributed by atoms with Gasteiger partial charge in [-0.15, -0.1) is 11.3 Å². The van der Waals surface area contributed by atoms with Crippen molar-refractivity contribution in [2.45, 2.75) is 38.8 Å². The third kappa shape index (κ3) is 4.81. The molecule has 0 radical (unpaired) electrons. The van der Waals surface area contributed by atoms with Crippen molar-refractivity contribution in [1.82, 2.24) is 10.2 Å². The van der Waals surface area contributed by atoms with Crippen molar-refractivity contribution < 1.29 is 4.74 Å². The van der Waals surface area contributed by atoms with E-state index in [9.17, 15) is 0 Å². The van der Waals surface area contributed by atoms with E-state index in [0.717, 1.165) is 32.7 Å². The minimum atomic E-state index is 0.302. The maximum Gasteiger partial charge on any atom is 0.0858 e. The summed E-state index contributed by atoms with van der Waals surface area (Å²) < 4.78 is 7.22. The Kier molecular flexibility index (Phi) is 6.97. The van der Waals surface area contributed by atoms with Crippen LogP contribution in [-0.2, 0) is 11.2 Å². The van der Waals surface area contributed by atoms with E-state index in [1.165, 1.54) is 22.3 Å². The minimum absolute atomic E-state index is 0.302. The van der Waals surface area contributed by atoms with Gasteiger partial charge in [0.15, 0.2) is 0 Å². The molecule has 1 aromatic rings. The molecule has 2 rings (SSSR count). The molecule has 1 fully saturated rings. The first-order valence-corrected chi connectivity index (χ1v) is 9.20. The van der Waals surface area contributed by atoms with Crippen LogP contribution < -0.4 is 5.32 Å². The second-order valence-electron chi connectivity index (χ2n) is 5.31. The molecular weight excluding hydrogens is 336 g/mol. The lowest BCUT2D eigenvalue weighted by Crippen LogP contribution is -2.53. The van der Waals surface area contributed by atoms with Gasteiger partial charge in [0.25, 0.3) is 0 Å². The van der Waals surface area contributed by atoms with Crippen molar-refractivity contribution >= 4 is 27.3 Å². The Morgan fingerprint density at radius 3 is 3.05 bits per heavy atom. The van der Waals surface area contributed by atoms with E-state index >= 15 is 0 Å². The summed E-state index contributed by atoms with van der Waals surface area (Å²) in [7, 11) is 0. The molecule has 2 heterocycles. The highest BCUT2D eigenvalue weighted by Gasteiger charge is 2.27. The number of ether oxygens (including phenoxy) is 1. The average molecular weight is 361 g/mol. The quantitative estimate of drug-likeness (QED) is 0.808. The van der Waals surface area contributed by atoms with Crippen LogP contribution in [0, 0.1) is 0 Å². The van der Waals surface area contributed by atoms with E-state index in [4.69, 9.17) is 4.74 Å². The van der Waals surface area contributed by atoms with Crippen molar-refractivity contribution in [2.24, 2.45) is 0 Å². The van der Waals surface area contributed by atoms with E-state index in [1.54, 1.807) is 0 Å². The van der Waals surface area contributed by atoms with Gasteiger partial charge in [0.1, 0.15) is 0 Å². The van der Waals surface area contributed by atoms with Crippen LogP contribution in [0.15, 0.2) is 15.9 Å². The highest BCUT2D eigenvalue weighted by molar-refractivity contribution is 9.10. The van der Waals surface area contributed by atoms with E-state index < -0.39 is 0 Å². The molecule has 114 valence electrons. The summed E-state index contributed by atoms with van der Waals surface area (Å²) in [5.74, 6) is 0. The molecule has 1 N–H and O–H groups in total. The fourth-order valence-electron chi connectivity index (χ4n) is 2.77. The number of hydrogen-bond acceptors (Lipinski definition) is 4. The zero-order valence-electron chi connectivity index (χ0n) is 12.4. The summed E-state index contributed by atoms with van der Waals surface area (Å²) in [5, 5.41) is 5.77. The Balaban J connectivity index is 1.96. The maximum atomic E-state index is 6.04. The molecule has 0 spiro atoms. The monoisotopic (exact) mass is 360 g/mol. The molecule has 1 aliphatic heterocycles. The molecule has 0 amide bonds. The van der Waals surface area contributed by atoms with Gasteiger partial charge >= 0.3 is 0 Å². The van der Waals surface area contributed by atoms with E-state index in [1.807, 2.05) is 11.3 Å². The van der Waals surface area contributed by atoms with Crippen LogP contribution in [-0.4, -0.2) is 49.8 Å². The molecule has 0 bridgehead atoms. The summed E-state index contributed by atoms with van der Waals surface area (Å²) in [6, 6.07) is 2.63. The fraction of sp³-hybridized carbons (Fsp3) is 0.733. The van der Waals surface area contributed by atoms with Crippen molar-refractivity contribution in [2.75, 3.05) is 32.8 Å². The molecule has 20 heavy (non-hydrogen) atoms. The number of nitrogens with zero attached hydrogens (tertiary/aromatic N) is 1. The van der Waals surface area contributed by atoms with Gasteiger partial charge in [0.2, 0.25) is 0 Å². The summed E-state index contributed by atoms with van der Waals surface area (Å²) >= 11 is 5.36. The number of hydrogen-bond donors (Lipinski definition) is 1. The first kappa shape index (κ1) is 16.4. The number of morpholine rings is 1. The van der Waals surface area contributed by atoms with Gasteiger partial charge in [0.05, 0.1) is 12.7 Å². The van der Waals surface area contributed by atoms with Gasteiger partial charge in [-0.25, -0.2) is 0 Å². The molecule has 1 saturated heterocycles. The second kappa shape index (κ2) is 8.49. The molecule has 0 aliphatic carbocycles. The lowest BCUT2D eigenvalue weighted by atomic mass is 10.0. The molecule has 5 heteroatoms. The maximum absolute atomic E-state index is 6.04. The molecular formula is C15H25BrN2OS. The predicted molar refractivity (Wildman–Crippen MR) is 89.7 cm³/mol. The molecule has 1 aromatic heterocycles. The Morgan fingerprint density at radius 2 is 2.40 bits per heavy atom. The van der Waals surface area contributed by atoms with Crippen LogP contribution in [0.5, 0.6) is 0 Å². The first-order chi connectivity index (χ1) is 9.72. The third-order valence-corrected chi connectivity index (χ3v) is 5.40. The van der Waals surface area contributed by atoms with Crippen LogP contribution in [0.25, 0.3) is 0 Å². The van der Waals surface area contributed by atoms with E-state index in [2.05, 4.69) is 51.4 Å². The van der Waals surface area contributed by atoms with E-state index in [-0.39, 0.29) is 0 Å². The van der Waals surface area contributed by atoms with Crippen LogP contribution >= 0.6 is 27.3 Å². The van der Waals surface area contributed by atoms with Crippen molar-refractivity contribution in [3.8, 4) is 0 Å². The normalized spacial score (nSPS) is 22.1. The molecule has 1 aliphatic rings. The highest BCUT2D eigenvalue weighted by Crippen LogP contribution is 2.22. The van der Waals surface area contributed by atoms with Crippen LogP contribution in [0.4, 0.5) is 0 Å². The van der Waals surface area contributed by atoms with Gasteiger partial charge in [-0.1, -0.05) is 13.8 Å². The zero-order valence-corrected chi connectivity index (χ0v) is 14.8. The Morgan fingerprint density at radius 1 is 1.55 bits per heavy atom. The average Bonchev–Trinajstić information content (AvgIpc) is 2.84. The van der Waals surface area contributed by atoms with Crippen LogP contribution in [0.1, 0.15) is 25.1 Å². The van der Waals surface area contributed by atoms with Gasteiger partial charge in [0, 0.05) is 33.9 Å². The predicted octanol–water partition coefficient (Wildman–Crippen LogP) is 3.14. The Labute approximate surface area is 134 Å². The summed E-state index contributed by atoms with van der Waals surface area (Å²) in [6.07, 6.45) is 2.57. The number of thiophene rings is 1. The standard InChI is InChI=1S/C15H25BrN2OS/c1-3-5-18-6-7-19-15(10-18)14(17-4-2)9-13-8-12(16)11-20-13/h8,11,14-15,17H,3-7,9-10H2,1-2H3. The van der Waals surface area contributed by atoms with Crippen molar-refractivity contribution in [3.05, 3.63) is 20.8 Å². The topological polar surface area (TPSA) is 24.5 Å². The fourth-order valence-corrected chi connectivity index (χ4v) is 4.28. The van der Waals surface area contributed by atoms with Crippen LogP contribution in [0.3, 0.4) is 0 Å². The zero-order chi connectivity index (χ0) is 14.4. The summed E-state index contributed by atoms with van der Waals surface area (Å²) in [6.45, 7) is 9.58. The molecule has 2 atom stereocenters. The molecule has 3 nitrogen and oxygen atoms in total. The Bertz CT molecular complexity index is 397. The molecule has 0 saturated carbocycles. The van der Waals surface area contributed by atoms with E-state index in [0.29, 0.717) is 12.1 Å². The smallest absolute Gasteiger partial charge is 0.0858 e. The van der Waals surface area contributed by atoms with Crippen LogP contribution in [0.2, 0.25) is 0 Å². The number of rotatable bonds is 7. The summed E-state index contributed by atoms with van der Waals surface area (Å²) in [5.41, 5.74) is 0. The highest BCUT2D eigenvalue weighted by atomic mass is 79.9. The summed E-state index contributed by atoms with van der Waals surface area (Å²) in [4.78, 5) is 3.95. The lowest BCUT2D eigenvalue weighted by Gasteiger charge is -2.37. The second-order valence-corrected chi connectivity index (χ2v) is 7.22. The molecule has 2 unspecified atom stereocenters. The number of likely N-dealkylation sites (N-methyl/N-ethyl adjacent to an activating group) is 1. The number of nitrogens with one attached hydrogen (secondary N) is 1. The SMILES string of the molecule is CCCN1CCOC(C(Cc2cc(Br)cs2)NCC)C1. The molecule has 0 aromatic carbocycles. The lowest BCUT2D eigenvalue weighted by molar-refractivity contribution is -0.0458. The number of halogens is 1. The van der Waals surface area contributed by atoms with Gasteiger partial charge in [-0.3, -0.25) is 4.90 Å². The third-order valence-electron chi connectivity index (χ3n) is 3.68. The van der Waals surface area contributed by atoms with Crippen molar-refractivity contribution in [3.63, 3.8) is 0 Å². The van der Waals surface area contributed by atoms with Crippen molar-refractivity contribution in [1.29, 1.82) is 0 Å².